The SMILES string of the molecule is CC(C)(C)OC(=O)C1CCN(CCC2CCN(c3ccc([N+](=O)[O-])c(O)c3)CC2)CC1. The number of benzene rings is 1. The molecule has 2 saturated heterocycles. The molecule has 2 aliphatic rings. The highest BCUT2D eigenvalue weighted by atomic mass is 16.6. The van der Waals surface area contributed by atoms with Crippen molar-refractivity contribution in [3.05, 3.63) is 28.3 Å². The second-order valence-corrected chi connectivity index (χ2v) is 9.80. The number of anilines is 1. The van der Waals surface area contributed by atoms with Gasteiger partial charge in [-0.15, -0.1) is 0 Å². The number of hydrogen-bond acceptors (Lipinski definition) is 7. The lowest BCUT2D eigenvalue weighted by Gasteiger charge is -2.36. The third-order valence-electron chi connectivity index (χ3n) is 6.32. The monoisotopic (exact) mass is 433 g/mol. The van der Waals surface area contributed by atoms with Crippen molar-refractivity contribution < 1.29 is 19.6 Å². The number of ether oxygens (including phenoxy) is 1. The number of phenolic OH excluding ortho intramolecular Hbond substituents is 1. The third kappa shape index (κ3) is 6.56. The quantitative estimate of drug-likeness (QED) is 0.412. The van der Waals surface area contributed by atoms with E-state index in [1.54, 1.807) is 6.07 Å². The van der Waals surface area contributed by atoms with Gasteiger partial charge in [-0.3, -0.25) is 14.9 Å². The van der Waals surface area contributed by atoms with Gasteiger partial charge >= 0.3 is 11.7 Å². The van der Waals surface area contributed by atoms with E-state index in [2.05, 4.69) is 9.80 Å². The molecule has 1 aromatic carbocycles. The van der Waals surface area contributed by atoms with E-state index in [0.29, 0.717) is 5.92 Å². The van der Waals surface area contributed by atoms with Gasteiger partial charge in [-0.2, -0.15) is 0 Å². The van der Waals surface area contributed by atoms with Crippen LogP contribution in [0.3, 0.4) is 0 Å². The molecule has 3 rings (SSSR count). The zero-order valence-corrected chi connectivity index (χ0v) is 18.9. The smallest absolute Gasteiger partial charge is 0.310 e. The summed E-state index contributed by atoms with van der Waals surface area (Å²) in [7, 11) is 0. The molecule has 8 heteroatoms. The highest BCUT2D eigenvalue weighted by Crippen LogP contribution is 2.33. The van der Waals surface area contributed by atoms with Crippen molar-refractivity contribution in [1.82, 2.24) is 4.90 Å². The second-order valence-electron chi connectivity index (χ2n) is 9.80. The van der Waals surface area contributed by atoms with Crippen LogP contribution in [0, 0.1) is 22.0 Å². The minimum absolute atomic E-state index is 0.0248. The van der Waals surface area contributed by atoms with Gasteiger partial charge in [0.25, 0.3) is 0 Å². The van der Waals surface area contributed by atoms with E-state index >= 15 is 0 Å². The van der Waals surface area contributed by atoms with Crippen LogP contribution in [0.2, 0.25) is 0 Å². The zero-order valence-electron chi connectivity index (χ0n) is 18.9. The lowest BCUT2D eigenvalue weighted by molar-refractivity contribution is -0.385. The second kappa shape index (κ2) is 9.85. The van der Waals surface area contributed by atoms with Gasteiger partial charge in [-0.25, -0.2) is 0 Å². The molecule has 1 N–H and O–H groups in total. The first kappa shape index (κ1) is 23.3. The molecule has 31 heavy (non-hydrogen) atoms. The summed E-state index contributed by atoms with van der Waals surface area (Å²) in [4.78, 5) is 27.2. The van der Waals surface area contributed by atoms with Crippen molar-refractivity contribution in [1.29, 1.82) is 0 Å². The number of hydrogen-bond donors (Lipinski definition) is 1. The summed E-state index contributed by atoms with van der Waals surface area (Å²) >= 11 is 0. The Kier molecular flexibility index (Phi) is 7.41. The number of nitro benzene ring substituents is 1. The summed E-state index contributed by atoms with van der Waals surface area (Å²) < 4.78 is 5.53. The number of piperidine rings is 2. The van der Waals surface area contributed by atoms with E-state index < -0.39 is 10.5 Å². The fourth-order valence-corrected chi connectivity index (χ4v) is 4.49. The number of esters is 1. The average molecular weight is 434 g/mol. The first-order valence-electron chi connectivity index (χ1n) is 11.3. The molecule has 0 atom stereocenters. The third-order valence-corrected chi connectivity index (χ3v) is 6.32. The maximum atomic E-state index is 12.3. The van der Waals surface area contributed by atoms with Crippen molar-refractivity contribution in [3.63, 3.8) is 0 Å². The Labute approximate surface area is 184 Å². The molecule has 0 bridgehead atoms. The predicted octanol–water partition coefficient (Wildman–Crippen LogP) is 3.96. The van der Waals surface area contributed by atoms with Crippen LogP contribution in [-0.2, 0) is 9.53 Å². The van der Waals surface area contributed by atoms with Crippen LogP contribution in [-0.4, -0.2) is 59.2 Å². The molecule has 0 spiro atoms. The molecule has 1 aromatic rings. The van der Waals surface area contributed by atoms with E-state index in [0.717, 1.165) is 70.5 Å². The summed E-state index contributed by atoms with van der Waals surface area (Å²) in [5.41, 5.74) is 0.163. The molecule has 0 amide bonds. The number of carbonyl (C=O) groups excluding carboxylic acids is 1. The van der Waals surface area contributed by atoms with Crippen LogP contribution in [0.4, 0.5) is 11.4 Å². The van der Waals surface area contributed by atoms with Gasteiger partial charge in [-0.05, 0) is 84.5 Å². The van der Waals surface area contributed by atoms with Gasteiger partial charge < -0.3 is 19.6 Å². The first-order chi connectivity index (χ1) is 14.6. The molecule has 0 unspecified atom stereocenters. The van der Waals surface area contributed by atoms with E-state index in [9.17, 15) is 20.0 Å². The van der Waals surface area contributed by atoms with E-state index in [4.69, 9.17) is 4.74 Å². The lowest BCUT2D eigenvalue weighted by atomic mass is 9.91. The van der Waals surface area contributed by atoms with Gasteiger partial charge in [0.05, 0.1) is 10.8 Å². The molecule has 0 radical (unpaired) electrons. The minimum Gasteiger partial charge on any atom is -0.502 e. The summed E-state index contributed by atoms with van der Waals surface area (Å²) in [6, 6.07) is 4.58. The molecule has 0 aliphatic carbocycles. The van der Waals surface area contributed by atoms with Gasteiger partial charge in [-0.1, -0.05) is 0 Å². The summed E-state index contributed by atoms with van der Waals surface area (Å²) in [6.45, 7) is 10.5. The summed E-state index contributed by atoms with van der Waals surface area (Å²) in [5.74, 6) is 0.347. The molecular weight excluding hydrogens is 398 g/mol. The van der Waals surface area contributed by atoms with Crippen molar-refractivity contribution in [2.24, 2.45) is 11.8 Å². The number of carbonyl (C=O) groups is 1. The van der Waals surface area contributed by atoms with Gasteiger partial charge in [0.2, 0.25) is 0 Å². The van der Waals surface area contributed by atoms with E-state index in [-0.39, 0.29) is 23.3 Å². The molecule has 2 fully saturated rings. The maximum Gasteiger partial charge on any atom is 0.310 e. The highest BCUT2D eigenvalue weighted by molar-refractivity contribution is 5.73. The van der Waals surface area contributed by atoms with Crippen LogP contribution < -0.4 is 4.90 Å². The minimum atomic E-state index is -0.568. The average Bonchev–Trinajstić information content (AvgIpc) is 2.71. The largest absolute Gasteiger partial charge is 0.502 e. The molecule has 0 aromatic heterocycles. The normalized spacial score (nSPS) is 19.4. The van der Waals surface area contributed by atoms with Gasteiger partial charge in [0.15, 0.2) is 5.75 Å². The van der Waals surface area contributed by atoms with E-state index in [1.165, 1.54) is 12.1 Å². The Bertz CT molecular complexity index is 776. The molecule has 8 nitrogen and oxygen atoms in total. The Hall–Kier alpha value is -2.35. The topological polar surface area (TPSA) is 96.2 Å². The molecular formula is C23H35N3O5. The maximum absolute atomic E-state index is 12.3. The number of rotatable bonds is 6. The Morgan fingerprint density at radius 3 is 2.35 bits per heavy atom. The first-order valence-corrected chi connectivity index (χ1v) is 11.3. The van der Waals surface area contributed by atoms with Crippen molar-refractivity contribution in [2.45, 2.75) is 58.5 Å². The fraction of sp³-hybridized carbons (Fsp3) is 0.696. The van der Waals surface area contributed by atoms with Gasteiger partial charge in [0.1, 0.15) is 5.60 Å². The number of nitro groups is 1. The van der Waals surface area contributed by atoms with Crippen LogP contribution in [0.1, 0.15) is 52.9 Å². The molecule has 172 valence electrons. The molecule has 2 heterocycles. The Morgan fingerprint density at radius 2 is 1.81 bits per heavy atom. The van der Waals surface area contributed by atoms with E-state index in [1.807, 2.05) is 20.8 Å². The number of nitrogens with zero attached hydrogens (tertiary/aromatic N) is 3. The predicted molar refractivity (Wildman–Crippen MR) is 119 cm³/mol. The van der Waals surface area contributed by atoms with Crippen LogP contribution >= 0.6 is 0 Å². The number of likely N-dealkylation sites (tertiary alicyclic amines) is 1. The van der Waals surface area contributed by atoms with Crippen molar-refractivity contribution in [3.8, 4) is 5.75 Å². The molecule has 2 aliphatic heterocycles. The Morgan fingerprint density at radius 1 is 1.16 bits per heavy atom. The molecule has 0 saturated carbocycles. The van der Waals surface area contributed by atoms with Crippen LogP contribution in [0.5, 0.6) is 5.75 Å². The summed E-state index contributed by atoms with van der Waals surface area (Å²) in [5, 5.41) is 20.7. The number of aromatic hydroxyl groups is 1. The lowest BCUT2D eigenvalue weighted by Crippen LogP contribution is -2.40. The Balaban J connectivity index is 1.38. The van der Waals surface area contributed by atoms with Gasteiger partial charge in [0, 0.05) is 30.9 Å². The van der Waals surface area contributed by atoms with Crippen molar-refractivity contribution in [2.75, 3.05) is 37.6 Å². The highest BCUT2D eigenvalue weighted by Gasteiger charge is 2.29. The zero-order chi connectivity index (χ0) is 22.6. The van der Waals surface area contributed by atoms with Crippen molar-refractivity contribution >= 4 is 17.3 Å². The fourth-order valence-electron chi connectivity index (χ4n) is 4.49. The van der Waals surface area contributed by atoms with Crippen LogP contribution in [0.25, 0.3) is 0 Å². The summed E-state index contributed by atoms with van der Waals surface area (Å²) in [6.07, 6.45) is 5.04. The standard InChI is InChI=1S/C23H35N3O5/c1-23(2,3)31-22(28)18-9-12-24(13-10-18)11-6-17-7-14-25(15-8-17)19-4-5-20(26(29)30)21(27)16-19/h4-5,16-18,27H,6-15H2,1-3H3. The number of phenols is 1. The van der Waals surface area contributed by atoms with Crippen LogP contribution in [0.15, 0.2) is 18.2 Å².